The van der Waals surface area contributed by atoms with Crippen LogP contribution in [0.5, 0.6) is 0 Å². The van der Waals surface area contributed by atoms with E-state index in [1.165, 1.54) is 16.7 Å². The lowest BCUT2D eigenvalue weighted by Crippen LogP contribution is -2.31. The van der Waals surface area contributed by atoms with E-state index in [0.717, 1.165) is 13.0 Å². The van der Waals surface area contributed by atoms with Crippen molar-refractivity contribution in [1.82, 2.24) is 0 Å². The summed E-state index contributed by atoms with van der Waals surface area (Å²) >= 11 is 0. The maximum absolute atomic E-state index is 9.57. The van der Waals surface area contributed by atoms with Gasteiger partial charge in [-0.15, -0.1) is 0 Å². The molecule has 0 radical (unpaired) electrons. The van der Waals surface area contributed by atoms with E-state index < -0.39 is 0 Å². The zero-order valence-electron chi connectivity index (χ0n) is 9.42. The van der Waals surface area contributed by atoms with Crippen molar-refractivity contribution < 1.29 is 9.84 Å². The molecule has 1 aromatic carbocycles. The Hall–Kier alpha value is -0.860. The van der Waals surface area contributed by atoms with E-state index in [1.54, 1.807) is 0 Å². The number of aryl methyl sites for hydroxylation is 2. The van der Waals surface area contributed by atoms with Crippen LogP contribution in [0.2, 0.25) is 0 Å². The molecule has 1 atom stereocenters. The molecule has 0 amide bonds. The average molecular weight is 206 g/mol. The van der Waals surface area contributed by atoms with Crippen molar-refractivity contribution in [2.45, 2.75) is 25.7 Å². The van der Waals surface area contributed by atoms with Gasteiger partial charge in [-0.3, -0.25) is 0 Å². The molecule has 1 aliphatic rings. The third-order valence-corrected chi connectivity index (χ3v) is 3.24. The molecule has 2 nitrogen and oxygen atoms in total. The predicted molar refractivity (Wildman–Crippen MR) is 60.1 cm³/mol. The molecule has 0 bridgehead atoms. The number of aliphatic hydroxyl groups excluding tert-OH is 1. The Morgan fingerprint density at radius 3 is 2.40 bits per heavy atom. The number of hydrogen-bond acceptors (Lipinski definition) is 2. The highest BCUT2D eigenvalue weighted by molar-refractivity contribution is 5.35. The van der Waals surface area contributed by atoms with Crippen molar-refractivity contribution >= 4 is 0 Å². The molecule has 2 rings (SSSR count). The minimum absolute atomic E-state index is 0.156. The second kappa shape index (κ2) is 3.95. The quantitative estimate of drug-likeness (QED) is 0.801. The Morgan fingerprint density at radius 2 is 1.93 bits per heavy atom. The summed E-state index contributed by atoms with van der Waals surface area (Å²) in [5.74, 6) is 0. The number of rotatable bonds is 2. The van der Waals surface area contributed by atoms with Crippen LogP contribution >= 0.6 is 0 Å². The molecular formula is C13H18O2. The van der Waals surface area contributed by atoms with Gasteiger partial charge in [0.1, 0.15) is 0 Å². The summed E-state index contributed by atoms with van der Waals surface area (Å²) in [7, 11) is 0. The van der Waals surface area contributed by atoms with Crippen LogP contribution in [0.4, 0.5) is 0 Å². The minimum atomic E-state index is -0.156. The van der Waals surface area contributed by atoms with Gasteiger partial charge in [0, 0.05) is 12.0 Å². The molecule has 1 unspecified atom stereocenters. The zero-order valence-corrected chi connectivity index (χ0v) is 9.42. The van der Waals surface area contributed by atoms with E-state index in [0.29, 0.717) is 6.61 Å². The van der Waals surface area contributed by atoms with Crippen molar-refractivity contribution in [3.63, 3.8) is 0 Å². The van der Waals surface area contributed by atoms with E-state index in [1.807, 2.05) is 0 Å². The van der Waals surface area contributed by atoms with Crippen LogP contribution in [0, 0.1) is 13.8 Å². The van der Waals surface area contributed by atoms with Gasteiger partial charge < -0.3 is 9.84 Å². The largest absolute Gasteiger partial charge is 0.395 e. The second-order valence-electron chi connectivity index (χ2n) is 4.62. The standard InChI is InChI=1S/C13H18O2/c1-10-5-11(2)7-12(6-10)13(8-14)3-4-15-9-13/h5-7,14H,3-4,8-9H2,1-2H3. The number of benzene rings is 1. The van der Waals surface area contributed by atoms with E-state index in [-0.39, 0.29) is 12.0 Å². The normalized spacial score (nSPS) is 25.8. The fourth-order valence-electron chi connectivity index (χ4n) is 2.33. The first-order valence-electron chi connectivity index (χ1n) is 5.44. The maximum Gasteiger partial charge on any atom is 0.0585 e. The topological polar surface area (TPSA) is 29.5 Å². The van der Waals surface area contributed by atoms with Gasteiger partial charge in [0.2, 0.25) is 0 Å². The molecule has 0 spiro atoms. The summed E-state index contributed by atoms with van der Waals surface area (Å²) in [5, 5.41) is 9.57. The van der Waals surface area contributed by atoms with E-state index in [2.05, 4.69) is 32.0 Å². The van der Waals surface area contributed by atoms with Gasteiger partial charge in [0.05, 0.1) is 13.2 Å². The van der Waals surface area contributed by atoms with Crippen LogP contribution in [0.3, 0.4) is 0 Å². The highest BCUT2D eigenvalue weighted by atomic mass is 16.5. The maximum atomic E-state index is 9.57. The molecule has 1 aliphatic heterocycles. The highest BCUT2D eigenvalue weighted by Gasteiger charge is 2.36. The summed E-state index contributed by atoms with van der Waals surface area (Å²) in [6, 6.07) is 6.49. The summed E-state index contributed by atoms with van der Waals surface area (Å²) in [6.45, 7) is 5.77. The molecular weight excluding hydrogens is 188 g/mol. The van der Waals surface area contributed by atoms with Gasteiger partial charge in [-0.1, -0.05) is 29.3 Å². The highest BCUT2D eigenvalue weighted by Crippen LogP contribution is 2.33. The van der Waals surface area contributed by atoms with Crippen LogP contribution in [0.15, 0.2) is 18.2 Å². The molecule has 0 aliphatic carbocycles. The Bertz CT molecular complexity index is 331. The molecule has 15 heavy (non-hydrogen) atoms. The lowest BCUT2D eigenvalue weighted by Gasteiger charge is -2.26. The molecule has 1 heterocycles. The first-order chi connectivity index (χ1) is 7.16. The first-order valence-corrected chi connectivity index (χ1v) is 5.44. The van der Waals surface area contributed by atoms with E-state index >= 15 is 0 Å². The van der Waals surface area contributed by atoms with Crippen LogP contribution in [-0.4, -0.2) is 24.9 Å². The van der Waals surface area contributed by atoms with Gasteiger partial charge in [-0.05, 0) is 25.8 Å². The van der Waals surface area contributed by atoms with Gasteiger partial charge in [-0.2, -0.15) is 0 Å². The van der Waals surface area contributed by atoms with Crippen LogP contribution in [0.25, 0.3) is 0 Å². The Morgan fingerprint density at radius 1 is 1.27 bits per heavy atom. The summed E-state index contributed by atoms with van der Waals surface area (Å²) in [4.78, 5) is 0. The molecule has 0 aromatic heterocycles. The number of hydrogen-bond donors (Lipinski definition) is 1. The van der Waals surface area contributed by atoms with Crippen molar-refractivity contribution in [2.75, 3.05) is 19.8 Å². The Balaban J connectivity index is 2.42. The van der Waals surface area contributed by atoms with Gasteiger partial charge in [0.25, 0.3) is 0 Å². The summed E-state index contributed by atoms with van der Waals surface area (Å²) < 4.78 is 5.43. The van der Waals surface area contributed by atoms with Crippen LogP contribution in [0.1, 0.15) is 23.1 Å². The monoisotopic (exact) mass is 206 g/mol. The molecule has 1 N–H and O–H groups in total. The lowest BCUT2D eigenvalue weighted by atomic mass is 9.79. The fraction of sp³-hybridized carbons (Fsp3) is 0.538. The predicted octanol–water partition coefficient (Wildman–Crippen LogP) is 1.95. The number of ether oxygens (including phenoxy) is 1. The smallest absolute Gasteiger partial charge is 0.0585 e. The zero-order chi connectivity index (χ0) is 10.9. The fourth-order valence-corrected chi connectivity index (χ4v) is 2.33. The molecule has 1 fully saturated rings. The third kappa shape index (κ3) is 1.92. The van der Waals surface area contributed by atoms with Crippen LogP contribution < -0.4 is 0 Å². The molecule has 1 saturated heterocycles. The van der Waals surface area contributed by atoms with Crippen LogP contribution in [-0.2, 0) is 10.2 Å². The Kier molecular flexibility index (Phi) is 2.81. The minimum Gasteiger partial charge on any atom is -0.395 e. The average Bonchev–Trinajstić information content (AvgIpc) is 2.65. The Labute approximate surface area is 90.9 Å². The molecule has 2 heteroatoms. The van der Waals surface area contributed by atoms with Crippen molar-refractivity contribution in [3.8, 4) is 0 Å². The molecule has 82 valence electrons. The van der Waals surface area contributed by atoms with Crippen molar-refractivity contribution in [3.05, 3.63) is 34.9 Å². The van der Waals surface area contributed by atoms with Gasteiger partial charge in [0.15, 0.2) is 0 Å². The lowest BCUT2D eigenvalue weighted by molar-refractivity contribution is 0.140. The van der Waals surface area contributed by atoms with E-state index in [9.17, 15) is 5.11 Å². The molecule has 0 saturated carbocycles. The third-order valence-electron chi connectivity index (χ3n) is 3.24. The second-order valence-corrected chi connectivity index (χ2v) is 4.62. The van der Waals surface area contributed by atoms with Gasteiger partial charge in [-0.25, -0.2) is 0 Å². The van der Waals surface area contributed by atoms with E-state index in [4.69, 9.17) is 4.74 Å². The summed E-state index contributed by atoms with van der Waals surface area (Å²) in [5.41, 5.74) is 3.58. The SMILES string of the molecule is Cc1cc(C)cc(C2(CO)CCOC2)c1. The molecule has 1 aromatic rings. The number of aliphatic hydroxyl groups is 1. The van der Waals surface area contributed by atoms with Gasteiger partial charge >= 0.3 is 0 Å². The van der Waals surface area contributed by atoms with Crippen molar-refractivity contribution in [1.29, 1.82) is 0 Å². The first kappa shape index (κ1) is 10.7. The summed E-state index contributed by atoms with van der Waals surface area (Å²) in [6.07, 6.45) is 0.923. The van der Waals surface area contributed by atoms with Crippen molar-refractivity contribution in [2.24, 2.45) is 0 Å².